The molecule has 10 nitrogen and oxygen atoms in total. The van der Waals surface area contributed by atoms with Crippen LogP contribution in [0, 0.1) is 11.8 Å². The van der Waals surface area contributed by atoms with Crippen LogP contribution in [0.25, 0.3) is 10.9 Å². The van der Waals surface area contributed by atoms with Crippen molar-refractivity contribution in [3.05, 3.63) is 36.0 Å². The number of carbonyl (C=O) groups excluding carboxylic acids is 3. The fourth-order valence-electron chi connectivity index (χ4n) is 3.71. The number of aliphatic carboxylic acids is 1. The van der Waals surface area contributed by atoms with Crippen molar-refractivity contribution in [1.82, 2.24) is 20.9 Å². The van der Waals surface area contributed by atoms with Gasteiger partial charge in [-0.3, -0.25) is 14.4 Å². The summed E-state index contributed by atoms with van der Waals surface area (Å²) in [5.74, 6) is -3.13. The number of benzene rings is 1. The third-order valence-corrected chi connectivity index (χ3v) is 6.51. The van der Waals surface area contributed by atoms with Crippen LogP contribution in [0.2, 0.25) is 0 Å². The minimum absolute atomic E-state index is 0.0491. The Labute approximate surface area is 205 Å². The fourth-order valence-corrected chi connectivity index (χ4v) is 3.71. The molecule has 2 aromatic rings. The van der Waals surface area contributed by atoms with E-state index in [9.17, 15) is 24.3 Å². The highest BCUT2D eigenvalue weighted by Gasteiger charge is 2.30. The van der Waals surface area contributed by atoms with Gasteiger partial charge in [-0.15, -0.1) is 0 Å². The van der Waals surface area contributed by atoms with Gasteiger partial charge in [-0.2, -0.15) is 0 Å². The Bertz CT molecular complexity index is 1040. The predicted octanol–water partition coefficient (Wildman–Crippen LogP) is 1.30. The first-order chi connectivity index (χ1) is 16.6. The normalized spacial score (nSPS) is 15.5. The van der Waals surface area contributed by atoms with Gasteiger partial charge in [-0.1, -0.05) is 58.7 Å². The SMILES string of the molecule is CCC(C)C(N)C(=O)NCC(=O)NC(Cc1c[nH]c2ccccc12)C(=O)NC(C(=O)O)C(C)CC. The van der Waals surface area contributed by atoms with Gasteiger partial charge in [-0.05, 0) is 23.5 Å². The van der Waals surface area contributed by atoms with Crippen LogP contribution in [-0.4, -0.2) is 58.5 Å². The summed E-state index contributed by atoms with van der Waals surface area (Å²) in [5.41, 5.74) is 7.58. The van der Waals surface area contributed by atoms with Gasteiger partial charge in [-0.25, -0.2) is 4.79 Å². The van der Waals surface area contributed by atoms with Crippen LogP contribution >= 0.6 is 0 Å². The first-order valence-corrected chi connectivity index (χ1v) is 12.0. The Balaban J connectivity index is 2.17. The lowest BCUT2D eigenvalue weighted by molar-refractivity contribution is -0.143. The van der Waals surface area contributed by atoms with Gasteiger partial charge in [0.1, 0.15) is 12.1 Å². The van der Waals surface area contributed by atoms with Gasteiger partial charge in [0.15, 0.2) is 0 Å². The van der Waals surface area contributed by atoms with Crippen molar-refractivity contribution < 1.29 is 24.3 Å². The Hall–Kier alpha value is -3.40. The molecule has 7 N–H and O–H groups in total. The quantitative estimate of drug-likeness (QED) is 0.249. The molecular weight excluding hydrogens is 450 g/mol. The molecule has 3 amide bonds. The van der Waals surface area contributed by atoms with E-state index in [0.29, 0.717) is 12.8 Å². The summed E-state index contributed by atoms with van der Waals surface area (Å²) in [7, 11) is 0. The number of carboxylic acids is 1. The van der Waals surface area contributed by atoms with Crippen LogP contribution in [0.3, 0.4) is 0 Å². The minimum Gasteiger partial charge on any atom is -0.480 e. The Morgan fingerprint density at radius 1 is 1.00 bits per heavy atom. The number of para-hydroxylation sites is 1. The molecule has 1 aromatic heterocycles. The molecule has 0 aliphatic heterocycles. The first kappa shape index (κ1) is 27.8. The van der Waals surface area contributed by atoms with E-state index in [4.69, 9.17) is 5.73 Å². The van der Waals surface area contributed by atoms with Crippen molar-refractivity contribution >= 4 is 34.6 Å². The summed E-state index contributed by atoms with van der Waals surface area (Å²) in [6.07, 6.45) is 3.16. The number of aromatic nitrogens is 1. The average Bonchev–Trinajstić information content (AvgIpc) is 3.26. The molecule has 0 aliphatic carbocycles. The van der Waals surface area contributed by atoms with Crippen LogP contribution in [0.15, 0.2) is 30.5 Å². The second kappa shape index (κ2) is 12.9. The van der Waals surface area contributed by atoms with Gasteiger partial charge in [0.2, 0.25) is 17.7 Å². The number of hydrogen-bond acceptors (Lipinski definition) is 5. The van der Waals surface area contributed by atoms with Crippen LogP contribution in [-0.2, 0) is 25.6 Å². The second-order valence-electron chi connectivity index (χ2n) is 9.02. The third kappa shape index (κ3) is 7.54. The summed E-state index contributed by atoms with van der Waals surface area (Å²) in [6, 6.07) is 4.65. The molecule has 0 radical (unpaired) electrons. The molecule has 1 aromatic carbocycles. The van der Waals surface area contributed by atoms with Crippen molar-refractivity contribution in [2.24, 2.45) is 17.6 Å². The van der Waals surface area contributed by atoms with E-state index in [1.165, 1.54) is 0 Å². The van der Waals surface area contributed by atoms with Crippen molar-refractivity contribution in [3.8, 4) is 0 Å². The van der Waals surface area contributed by atoms with Crippen molar-refractivity contribution in [2.45, 2.75) is 65.1 Å². The number of carbonyl (C=O) groups is 4. The van der Waals surface area contributed by atoms with Gasteiger partial charge >= 0.3 is 5.97 Å². The number of aromatic amines is 1. The van der Waals surface area contributed by atoms with E-state index in [1.807, 2.05) is 45.0 Å². The standard InChI is InChI=1S/C25H37N5O5/c1-5-14(3)21(26)24(33)28-13-20(31)29-19(23(32)30-22(25(34)35)15(4)6-2)11-16-12-27-18-10-8-7-9-17(16)18/h7-10,12,14-15,19,21-22,27H,5-6,11,13,26H2,1-4H3,(H,28,33)(H,29,31)(H,30,32)(H,34,35). The zero-order valence-electron chi connectivity index (χ0n) is 20.8. The Morgan fingerprint density at radius 3 is 2.29 bits per heavy atom. The van der Waals surface area contributed by atoms with Gasteiger partial charge in [0.05, 0.1) is 12.6 Å². The lowest BCUT2D eigenvalue weighted by Gasteiger charge is -2.24. The Kier molecular flexibility index (Phi) is 10.3. The zero-order valence-corrected chi connectivity index (χ0v) is 20.8. The van der Waals surface area contributed by atoms with Gasteiger partial charge in [0.25, 0.3) is 0 Å². The summed E-state index contributed by atoms with van der Waals surface area (Å²) in [6.45, 7) is 6.99. The molecular formula is C25H37N5O5. The summed E-state index contributed by atoms with van der Waals surface area (Å²) in [4.78, 5) is 52.9. The van der Waals surface area contributed by atoms with E-state index < -0.39 is 41.8 Å². The van der Waals surface area contributed by atoms with E-state index in [0.717, 1.165) is 16.5 Å². The summed E-state index contributed by atoms with van der Waals surface area (Å²) in [5, 5.41) is 18.2. The molecule has 0 saturated heterocycles. The van der Waals surface area contributed by atoms with Crippen molar-refractivity contribution in [2.75, 3.05) is 6.54 Å². The Morgan fingerprint density at radius 2 is 1.66 bits per heavy atom. The van der Waals surface area contributed by atoms with E-state index in [1.54, 1.807) is 13.1 Å². The zero-order chi connectivity index (χ0) is 26.1. The lowest BCUT2D eigenvalue weighted by Crippen LogP contribution is -2.55. The predicted molar refractivity (Wildman–Crippen MR) is 133 cm³/mol. The van der Waals surface area contributed by atoms with Crippen LogP contribution in [0.4, 0.5) is 0 Å². The first-order valence-electron chi connectivity index (χ1n) is 12.0. The molecule has 192 valence electrons. The maximum absolute atomic E-state index is 13.1. The topological polar surface area (TPSA) is 166 Å². The molecule has 35 heavy (non-hydrogen) atoms. The molecule has 0 aliphatic rings. The monoisotopic (exact) mass is 487 g/mol. The van der Waals surface area contributed by atoms with Crippen molar-refractivity contribution in [1.29, 1.82) is 0 Å². The highest BCUT2D eigenvalue weighted by Crippen LogP contribution is 2.19. The van der Waals surface area contributed by atoms with Crippen molar-refractivity contribution in [3.63, 3.8) is 0 Å². The molecule has 0 saturated carbocycles. The number of hydrogen-bond donors (Lipinski definition) is 6. The van der Waals surface area contributed by atoms with Crippen LogP contribution in [0.5, 0.6) is 0 Å². The molecule has 5 atom stereocenters. The largest absolute Gasteiger partial charge is 0.480 e. The molecule has 0 spiro atoms. The second-order valence-corrected chi connectivity index (χ2v) is 9.02. The molecule has 2 rings (SSSR count). The van der Waals surface area contributed by atoms with Crippen LogP contribution in [0.1, 0.15) is 46.1 Å². The number of nitrogens with two attached hydrogens (primary N) is 1. The molecule has 5 unspecified atom stereocenters. The summed E-state index contributed by atoms with van der Waals surface area (Å²) >= 11 is 0. The number of amides is 3. The molecule has 10 heteroatoms. The molecule has 0 fully saturated rings. The smallest absolute Gasteiger partial charge is 0.326 e. The lowest BCUT2D eigenvalue weighted by atomic mass is 9.98. The van der Waals surface area contributed by atoms with Gasteiger partial charge < -0.3 is 31.8 Å². The van der Waals surface area contributed by atoms with Gasteiger partial charge in [0, 0.05) is 23.5 Å². The molecule has 1 heterocycles. The van der Waals surface area contributed by atoms with E-state index in [-0.39, 0.29) is 24.8 Å². The number of carboxylic acid groups (broad SMARTS) is 1. The van der Waals surface area contributed by atoms with Crippen LogP contribution < -0.4 is 21.7 Å². The third-order valence-electron chi connectivity index (χ3n) is 6.51. The minimum atomic E-state index is -1.14. The maximum atomic E-state index is 13.1. The summed E-state index contributed by atoms with van der Waals surface area (Å²) < 4.78 is 0. The number of H-pyrrole nitrogens is 1. The fraction of sp³-hybridized carbons (Fsp3) is 0.520. The molecule has 0 bridgehead atoms. The number of rotatable bonds is 13. The highest BCUT2D eigenvalue weighted by molar-refractivity contribution is 5.93. The van der Waals surface area contributed by atoms with E-state index in [2.05, 4.69) is 20.9 Å². The number of fused-ring (bicyclic) bond motifs is 1. The average molecular weight is 488 g/mol. The maximum Gasteiger partial charge on any atom is 0.326 e. The highest BCUT2D eigenvalue weighted by atomic mass is 16.4. The number of nitrogens with one attached hydrogen (secondary N) is 4. The van der Waals surface area contributed by atoms with E-state index >= 15 is 0 Å².